The quantitative estimate of drug-likeness (QED) is 0.0987. The Kier molecular flexibility index (Phi) is 10.2. The van der Waals surface area contributed by atoms with Gasteiger partial charge in [-0.25, -0.2) is 13.6 Å². The highest BCUT2D eigenvalue weighted by Crippen LogP contribution is 2.36. The second-order valence-electron chi connectivity index (χ2n) is 11.9. The highest BCUT2D eigenvalue weighted by atomic mass is 35.5. The highest BCUT2D eigenvalue weighted by Gasteiger charge is 2.28. The standard InChI is InChI=1S/C33H40ClF2N7O2/c1-18(37)6-4-7-20-12-24(31(36)25(34)13-20)28-14-21-17-43(33(44)42-32(21)41-28)23-15-26(35)30(29(16-23)45-3)27-9-5-8-22(40-27)10-11-39-19(2)38/h12-18,22,27,40H,4-11,37H2,1-3H3,(H2,38,39)(H,41,42,44)/t18-,22-,27-/m0/s1. The predicted molar refractivity (Wildman–Crippen MR) is 175 cm³/mol. The molecule has 45 heavy (non-hydrogen) atoms. The van der Waals surface area contributed by atoms with Crippen molar-refractivity contribution in [3.05, 3.63) is 74.8 Å². The number of rotatable bonds is 11. The van der Waals surface area contributed by atoms with Crippen LogP contribution in [0.15, 0.2) is 41.3 Å². The van der Waals surface area contributed by atoms with Crippen LogP contribution in [0.1, 0.15) is 69.5 Å². The van der Waals surface area contributed by atoms with Crippen molar-refractivity contribution in [3.63, 3.8) is 0 Å². The summed E-state index contributed by atoms with van der Waals surface area (Å²) in [6, 6.07) is 8.01. The Labute approximate surface area is 266 Å². The molecule has 9 nitrogen and oxygen atoms in total. The number of nitrogens with zero attached hydrogens (tertiary/aromatic N) is 2. The van der Waals surface area contributed by atoms with Gasteiger partial charge in [-0.2, -0.15) is 4.98 Å². The second-order valence-corrected chi connectivity index (χ2v) is 12.3. The molecule has 2 aromatic carbocycles. The van der Waals surface area contributed by atoms with Crippen molar-refractivity contribution in [1.82, 2.24) is 25.2 Å². The Balaban J connectivity index is 1.44. The number of H-pyrrole nitrogens is 1. The van der Waals surface area contributed by atoms with Crippen LogP contribution in [0.3, 0.4) is 0 Å². The van der Waals surface area contributed by atoms with E-state index >= 15 is 8.78 Å². The van der Waals surface area contributed by atoms with Gasteiger partial charge < -0.3 is 26.1 Å². The molecule has 3 heterocycles. The van der Waals surface area contributed by atoms with Gasteiger partial charge in [0.1, 0.15) is 17.2 Å². The maximum absolute atomic E-state index is 15.8. The Morgan fingerprint density at radius 1 is 1.27 bits per heavy atom. The summed E-state index contributed by atoms with van der Waals surface area (Å²) < 4.78 is 37.9. The van der Waals surface area contributed by atoms with E-state index in [4.69, 9.17) is 27.5 Å². The molecule has 0 amide bonds. The minimum Gasteiger partial charge on any atom is -0.496 e. The Hall–Kier alpha value is -3.80. The number of aromatic amines is 1. The van der Waals surface area contributed by atoms with E-state index in [1.165, 1.54) is 17.7 Å². The third kappa shape index (κ3) is 7.54. The van der Waals surface area contributed by atoms with Crippen molar-refractivity contribution in [1.29, 1.82) is 5.41 Å². The molecule has 1 aliphatic rings. The molecule has 240 valence electrons. The number of methoxy groups -OCH3 is 1. The number of hydrogen-bond acceptors (Lipinski definition) is 6. The molecule has 0 bridgehead atoms. The average Bonchev–Trinajstić information content (AvgIpc) is 3.40. The number of nitrogens with two attached hydrogens (primary N) is 1. The van der Waals surface area contributed by atoms with E-state index in [0.717, 1.165) is 44.1 Å². The first kappa shape index (κ1) is 32.6. The van der Waals surface area contributed by atoms with Crippen molar-refractivity contribution in [3.8, 4) is 22.7 Å². The first-order valence-electron chi connectivity index (χ1n) is 15.3. The number of amidine groups is 1. The van der Waals surface area contributed by atoms with E-state index in [-0.39, 0.29) is 40.0 Å². The number of piperidine rings is 1. The van der Waals surface area contributed by atoms with E-state index in [1.807, 2.05) is 6.92 Å². The molecule has 0 saturated carbocycles. The number of hydrogen-bond donors (Lipinski definition) is 5. The van der Waals surface area contributed by atoms with Gasteiger partial charge >= 0.3 is 5.69 Å². The summed E-state index contributed by atoms with van der Waals surface area (Å²) in [7, 11) is 1.48. The first-order chi connectivity index (χ1) is 21.5. The van der Waals surface area contributed by atoms with Gasteiger partial charge in [-0.3, -0.25) is 9.98 Å². The van der Waals surface area contributed by atoms with E-state index < -0.39 is 17.3 Å². The van der Waals surface area contributed by atoms with Crippen molar-refractivity contribution < 1.29 is 13.5 Å². The maximum Gasteiger partial charge on any atom is 0.354 e. The lowest BCUT2D eigenvalue weighted by Gasteiger charge is -2.32. The summed E-state index contributed by atoms with van der Waals surface area (Å²) in [5, 5.41) is 14.7. The van der Waals surface area contributed by atoms with Crippen LogP contribution in [-0.4, -0.2) is 46.1 Å². The molecule has 1 aliphatic heterocycles. The van der Waals surface area contributed by atoms with Gasteiger partial charge in [0.25, 0.3) is 0 Å². The molecule has 0 radical (unpaired) electrons. The van der Waals surface area contributed by atoms with E-state index in [1.54, 1.807) is 37.4 Å². The van der Waals surface area contributed by atoms with E-state index in [0.29, 0.717) is 41.2 Å². The van der Waals surface area contributed by atoms with Gasteiger partial charge in [-0.1, -0.05) is 18.0 Å². The van der Waals surface area contributed by atoms with Crippen molar-refractivity contribution in [2.45, 2.75) is 76.9 Å². The number of aromatic nitrogens is 3. The van der Waals surface area contributed by atoms with Crippen LogP contribution >= 0.6 is 11.6 Å². The van der Waals surface area contributed by atoms with Crippen molar-refractivity contribution >= 4 is 28.5 Å². The summed E-state index contributed by atoms with van der Waals surface area (Å²) >= 11 is 6.25. The summed E-state index contributed by atoms with van der Waals surface area (Å²) in [6.45, 7) is 4.31. The number of benzene rings is 2. The molecule has 6 N–H and O–H groups in total. The summed E-state index contributed by atoms with van der Waals surface area (Å²) in [5.41, 5.74) is 7.77. The molecule has 1 fully saturated rings. The third-order valence-electron chi connectivity index (χ3n) is 8.30. The van der Waals surface area contributed by atoms with E-state index in [9.17, 15) is 4.79 Å². The second kappa shape index (κ2) is 14.1. The minimum absolute atomic E-state index is 0.00838. The third-order valence-corrected chi connectivity index (χ3v) is 8.57. The molecule has 1 saturated heterocycles. The van der Waals surface area contributed by atoms with Crippen LogP contribution in [0.5, 0.6) is 5.75 Å². The number of aryl methyl sites for hydroxylation is 1. The topological polar surface area (TPSA) is 134 Å². The van der Waals surface area contributed by atoms with Gasteiger partial charge in [-0.05, 0) is 82.2 Å². The molecular weight excluding hydrogens is 600 g/mol. The summed E-state index contributed by atoms with van der Waals surface area (Å²) in [4.78, 5) is 20.4. The molecule has 0 spiro atoms. The van der Waals surface area contributed by atoms with Crippen LogP contribution in [0.4, 0.5) is 8.78 Å². The number of halogens is 3. The van der Waals surface area contributed by atoms with Gasteiger partial charge in [0.2, 0.25) is 0 Å². The molecule has 0 aliphatic carbocycles. The molecule has 0 unspecified atom stereocenters. The lowest BCUT2D eigenvalue weighted by Crippen LogP contribution is -2.39. The molecule has 5 rings (SSSR count). The predicted octanol–water partition coefficient (Wildman–Crippen LogP) is 6.15. The lowest BCUT2D eigenvalue weighted by atomic mass is 9.91. The highest BCUT2D eigenvalue weighted by molar-refractivity contribution is 6.31. The fourth-order valence-corrected chi connectivity index (χ4v) is 6.31. The maximum atomic E-state index is 15.8. The van der Waals surface area contributed by atoms with Crippen LogP contribution < -0.4 is 26.8 Å². The van der Waals surface area contributed by atoms with E-state index in [2.05, 4.69) is 20.6 Å². The number of fused-ring (bicyclic) bond motifs is 1. The zero-order valence-corrected chi connectivity index (χ0v) is 26.5. The largest absolute Gasteiger partial charge is 0.496 e. The zero-order valence-electron chi connectivity index (χ0n) is 25.8. The SMILES string of the molecule is COc1cc(-n2cc3cc(-c4cc(CCC[C@H](C)N)cc(Cl)c4F)[nH]c3nc2=O)cc(F)c1[C@@H]1CCC[C@@H](CCNC(C)=N)N1. The Morgan fingerprint density at radius 2 is 2.07 bits per heavy atom. The van der Waals surface area contributed by atoms with Gasteiger partial charge in [-0.15, -0.1) is 0 Å². The normalized spacial score (nSPS) is 17.4. The smallest absolute Gasteiger partial charge is 0.354 e. The van der Waals surface area contributed by atoms with Crippen molar-refractivity contribution in [2.24, 2.45) is 5.73 Å². The van der Waals surface area contributed by atoms with Crippen molar-refractivity contribution in [2.75, 3.05) is 13.7 Å². The van der Waals surface area contributed by atoms with Crippen LogP contribution in [0.2, 0.25) is 5.02 Å². The zero-order chi connectivity index (χ0) is 32.2. The summed E-state index contributed by atoms with van der Waals surface area (Å²) in [6.07, 6.45) is 7.36. The van der Waals surface area contributed by atoms with Gasteiger partial charge in [0.05, 0.1) is 29.3 Å². The van der Waals surface area contributed by atoms with Crippen LogP contribution in [0, 0.1) is 17.0 Å². The molecule has 12 heteroatoms. The number of ether oxygens (including phenoxy) is 1. The van der Waals surface area contributed by atoms with Crippen LogP contribution in [-0.2, 0) is 6.42 Å². The minimum atomic E-state index is -0.627. The Morgan fingerprint density at radius 3 is 2.80 bits per heavy atom. The monoisotopic (exact) mass is 639 g/mol. The molecular formula is C33H40ClF2N7O2. The molecule has 4 aromatic rings. The number of nitrogens with one attached hydrogen (secondary N) is 4. The van der Waals surface area contributed by atoms with Crippen LogP contribution in [0.25, 0.3) is 28.0 Å². The fraction of sp³-hybridized carbons (Fsp3) is 0.424. The Bertz CT molecular complexity index is 1750. The lowest BCUT2D eigenvalue weighted by molar-refractivity contribution is 0.297. The van der Waals surface area contributed by atoms with Gasteiger partial charge in [0.15, 0.2) is 5.82 Å². The average molecular weight is 640 g/mol. The molecule has 3 atom stereocenters. The molecule has 2 aromatic heterocycles. The summed E-state index contributed by atoms with van der Waals surface area (Å²) in [5.74, 6) is -0.318. The van der Waals surface area contributed by atoms with Gasteiger partial charge in [0, 0.05) is 53.4 Å². The fourth-order valence-electron chi connectivity index (χ4n) is 6.07. The first-order valence-corrected chi connectivity index (χ1v) is 15.7.